The largest absolute Gasteiger partial charge is 0.455 e. The standard InChI is InChI=1S/C28H31FN2O4/c1-17-7-8-21(9-18(17)2)27-11-19-10-20(12-27)14-28(13-19,16-27)26(34)35-15-24(32)30-31-25(33)22-5-3-4-6-23(22)29/h3-9,19-20H,10-16H2,1-2H3,(H,30,32)(H,31,33)/t19-,20-,27?,28?/m0/s1. The highest BCUT2D eigenvalue weighted by Gasteiger charge is 2.61. The van der Waals surface area contributed by atoms with E-state index in [1.165, 1.54) is 34.9 Å². The smallest absolute Gasteiger partial charge is 0.312 e. The first-order chi connectivity index (χ1) is 16.7. The monoisotopic (exact) mass is 478 g/mol. The number of halogens is 1. The molecule has 7 heteroatoms. The number of amides is 2. The van der Waals surface area contributed by atoms with Crippen molar-refractivity contribution in [1.29, 1.82) is 0 Å². The molecular formula is C28H31FN2O4. The lowest BCUT2D eigenvalue weighted by molar-refractivity contribution is -0.175. The second-order valence-corrected chi connectivity index (χ2v) is 10.9. The van der Waals surface area contributed by atoms with E-state index in [1.807, 2.05) is 0 Å². The Hall–Kier alpha value is -3.22. The van der Waals surface area contributed by atoms with Crippen molar-refractivity contribution >= 4 is 17.8 Å². The van der Waals surface area contributed by atoms with Crippen molar-refractivity contribution in [2.75, 3.05) is 6.61 Å². The summed E-state index contributed by atoms with van der Waals surface area (Å²) in [6.07, 6.45) is 5.72. The minimum atomic E-state index is -0.779. The average molecular weight is 479 g/mol. The first kappa shape index (κ1) is 23.5. The second kappa shape index (κ2) is 8.77. The lowest BCUT2D eigenvalue weighted by atomic mass is 9.43. The molecule has 0 spiro atoms. The molecule has 0 radical (unpaired) electrons. The molecule has 4 aliphatic rings. The van der Waals surface area contributed by atoms with Crippen molar-refractivity contribution in [3.8, 4) is 0 Å². The number of hydrogen-bond acceptors (Lipinski definition) is 4. The quantitative estimate of drug-likeness (QED) is 0.496. The molecule has 184 valence electrons. The van der Waals surface area contributed by atoms with Gasteiger partial charge in [-0.25, -0.2) is 4.39 Å². The molecule has 2 N–H and O–H groups in total. The van der Waals surface area contributed by atoms with E-state index in [4.69, 9.17) is 4.74 Å². The van der Waals surface area contributed by atoms with Gasteiger partial charge in [-0.15, -0.1) is 0 Å². The third-order valence-electron chi connectivity index (χ3n) is 8.38. The van der Waals surface area contributed by atoms with Crippen LogP contribution in [-0.2, 0) is 19.7 Å². The lowest BCUT2D eigenvalue weighted by Gasteiger charge is -2.61. The van der Waals surface area contributed by atoms with Gasteiger partial charge in [0.1, 0.15) is 5.82 Å². The fourth-order valence-electron chi connectivity index (χ4n) is 7.07. The number of ether oxygens (including phenoxy) is 1. The van der Waals surface area contributed by atoms with Gasteiger partial charge in [0.2, 0.25) is 0 Å². The minimum Gasteiger partial charge on any atom is -0.455 e. The Bertz CT molecular complexity index is 1180. The highest BCUT2D eigenvalue weighted by molar-refractivity contribution is 5.95. The van der Waals surface area contributed by atoms with Crippen LogP contribution in [0, 0.1) is 36.9 Å². The van der Waals surface area contributed by atoms with Crippen molar-refractivity contribution in [1.82, 2.24) is 10.9 Å². The van der Waals surface area contributed by atoms with Gasteiger partial charge < -0.3 is 4.74 Å². The van der Waals surface area contributed by atoms with Crippen molar-refractivity contribution in [2.45, 2.75) is 57.8 Å². The van der Waals surface area contributed by atoms with E-state index in [0.717, 1.165) is 44.6 Å². The minimum absolute atomic E-state index is 0.0163. The Kier molecular flexibility index (Phi) is 5.90. The molecule has 35 heavy (non-hydrogen) atoms. The average Bonchev–Trinajstić information content (AvgIpc) is 2.82. The van der Waals surface area contributed by atoms with E-state index < -0.39 is 29.7 Å². The van der Waals surface area contributed by atoms with E-state index in [1.54, 1.807) is 0 Å². The molecule has 2 aromatic carbocycles. The summed E-state index contributed by atoms with van der Waals surface area (Å²) in [5.74, 6) is -1.49. The van der Waals surface area contributed by atoms with E-state index in [2.05, 4.69) is 42.9 Å². The third kappa shape index (κ3) is 4.32. The van der Waals surface area contributed by atoms with Gasteiger partial charge >= 0.3 is 5.97 Å². The van der Waals surface area contributed by atoms with Crippen LogP contribution in [0.1, 0.15) is 65.6 Å². The van der Waals surface area contributed by atoms with E-state index in [9.17, 15) is 18.8 Å². The molecule has 0 saturated heterocycles. The van der Waals surface area contributed by atoms with Gasteiger partial charge in [0.25, 0.3) is 11.8 Å². The van der Waals surface area contributed by atoms with Crippen molar-refractivity contribution < 1.29 is 23.5 Å². The van der Waals surface area contributed by atoms with Gasteiger partial charge in [-0.05, 0) is 98.4 Å². The summed E-state index contributed by atoms with van der Waals surface area (Å²) in [4.78, 5) is 37.7. The molecule has 6 rings (SSSR count). The zero-order chi connectivity index (χ0) is 24.8. The SMILES string of the molecule is Cc1ccc(C23C[C@@H]4C[C@H](CC(C(=O)OCC(=O)NNC(=O)c5ccccc5F)(C4)C2)C3)cc1C. The number of aryl methyl sites for hydroxylation is 2. The van der Waals surface area contributed by atoms with Gasteiger partial charge in [0.05, 0.1) is 11.0 Å². The Morgan fingerprint density at radius 1 is 0.971 bits per heavy atom. The summed E-state index contributed by atoms with van der Waals surface area (Å²) in [5, 5.41) is 0. The zero-order valence-corrected chi connectivity index (χ0v) is 20.2. The topological polar surface area (TPSA) is 84.5 Å². The van der Waals surface area contributed by atoms with Crippen LogP contribution in [0.3, 0.4) is 0 Å². The van der Waals surface area contributed by atoms with Crippen LogP contribution in [0.15, 0.2) is 42.5 Å². The fraction of sp³-hybridized carbons (Fsp3) is 0.464. The van der Waals surface area contributed by atoms with E-state index >= 15 is 0 Å². The maximum absolute atomic E-state index is 13.7. The molecule has 0 heterocycles. The summed E-state index contributed by atoms with van der Waals surface area (Å²) in [6, 6.07) is 12.2. The Labute approximate surface area is 204 Å². The summed E-state index contributed by atoms with van der Waals surface area (Å²) < 4.78 is 19.2. The predicted octanol–water partition coefficient (Wildman–Crippen LogP) is 4.28. The van der Waals surface area contributed by atoms with Crippen LogP contribution >= 0.6 is 0 Å². The number of carbonyl (C=O) groups is 3. The first-order valence-corrected chi connectivity index (χ1v) is 12.3. The van der Waals surface area contributed by atoms with Crippen LogP contribution in [0.2, 0.25) is 0 Å². The number of carbonyl (C=O) groups excluding carboxylic acids is 3. The first-order valence-electron chi connectivity index (χ1n) is 12.3. The van der Waals surface area contributed by atoms with Gasteiger partial charge in [-0.3, -0.25) is 25.2 Å². The highest BCUT2D eigenvalue weighted by atomic mass is 19.1. The van der Waals surface area contributed by atoms with Gasteiger partial charge in [-0.1, -0.05) is 30.3 Å². The molecule has 0 aliphatic heterocycles. The van der Waals surface area contributed by atoms with Gasteiger partial charge in [0, 0.05) is 0 Å². The zero-order valence-electron chi connectivity index (χ0n) is 20.2. The van der Waals surface area contributed by atoms with E-state index in [0.29, 0.717) is 11.8 Å². The lowest BCUT2D eigenvalue weighted by Crippen LogP contribution is -2.57. The molecule has 0 aromatic heterocycles. The number of hydrogen-bond donors (Lipinski definition) is 2. The molecule has 6 nitrogen and oxygen atoms in total. The maximum atomic E-state index is 13.7. The Balaban J connectivity index is 1.23. The predicted molar refractivity (Wildman–Crippen MR) is 128 cm³/mol. The van der Waals surface area contributed by atoms with Crippen LogP contribution in [-0.4, -0.2) is 24.4 Å². The number of rotatable bonds is 5. The molecule has 0 unspecified atom stereocenters. The normalized spacial score (nSPS) is 28.4. The number of benzene rings is 2. The number of nitrogens with one attached hydrogen (secondary N) is 2. The molecule has 4 fully saturated rings. The van der Waals surface area contributed by atoms with E-state index in [-0.39, 0.29) is 16.9 Å². The molecule has 2 amide bonds. The fourth-order valence-corrected chi connectivity index (χ4v) is 7.07. The number of esters is 1. The van der Waals surface area contributed by atoms with Crippen LogP contribution in [0.5, 0.6) is 0 Å². The van der Waals surface area contributed by atoms with Crippen molar-refractivity contribution in [2.24, 2.45) is 17.3 Å². The summed E-state index contributed by atoms with van der Waals surface area (Å²) in [6.45, 7) is 3.75. The Morgan fingerprint density at radius 2 is 1.69 bits per heavy atom. The molecule has 4 bridgehead atoms. The molecule has 2 aromatic rings. The third-order valence-corrected chi connectivity index (χ3v) is 8.38. The van der Waals surface area contributed by atoms with Crippen LogP contribution < -0.4 is 10.9 Å². The second-order valence-electron chi connectivity index (χ2n) is 10.9. The molecule has 2 atom stereocenters. The number of hydrazine groups is 1. The van der Waals surface area contributed by atoms with Crippen molar-refractivity contribution in [3.63, 3.8) is 0 Å². The Morgan fingerprint density at radius 3 is 2.37 bits per heavy atom. The van der Waals surface area contributed by atoms with Crippen LogP contribution in [0.25, 0.3) is 0 Å². The highest BCUT2D eigenvalue weighted by Crippen LogP contribution is 2.66. The van der Waals surface area contributed by atoms with Crippen LogP contribution in [0.4, 0.5) is 4.39 Å². The summed E-state index contributed by atoms with van der Waals surface area (Å²) in [5.41, 5.74) is 7.45. The summed E-state index contributed by atoms with van der Waals surface area (Å²) in [7, 11) is 0. The van der Waals surface area contributed by atoms with Gasteiger partial charge in [-0.2, -0.15) is 0 Å². The molecule has 4 aliphatic carbocycles. The van der Waals surface area contributed by atoms with Crippen molar-refractivity contribution in [3.05, 3.63) is 70.5 Å². The maximum Gasteiger partial charge on any atom is 0.312 e. The molecular weight excluding hydrogens is 447 g/mol. The molecule has 4 saturated carbocycles. The summed E-state index contributed by atoms with van der Waals surface area (Å²) >= 11 is 0. The van der Waals surface area contributed by atoms with Gasteiger partial charge in [0.15, 0.2) is 6.61 Å².